The van der Waals surface area contributed by atoms with Crippen molar-refractivity contribution < 1.29 is 70.6 Å². The number of nitrogens with zero attached hydrogens (tertiary/aromatic N) is 2. The molecule has 0 bridgehead atoms. The molecule has 0 saturated carbocycles. The lowest BCUT2D eigenvalue weighted by Gasteiger charge is -2.25. The lowest BCUT2D eigenvalue weighted by molar-refractivity contribution is -0.0450. The Bertz CT molecular complexity index is 2150. The lowest BCUT2D eigenvalue weighted by atomic mass is 9.94. The number of hydrogen-bond acceptors (Lipinski definition) is 13. The summed E-state index contributed by atoms with van der Waals surface area (Å²) >= 11 is 0. The molecule has 4 amide bonds. The summed E-state index contributed by atoms with van der Waals surface area (Å²) in [5.74, 6) is 3.18. The molecule has 1 aromatic heterocycles. The monoisotopic (exact) mass is 744 g/mol. The van der Waals surface area contributed by atoms with Crippen LogP contribution in [0.1, 0.15) is 38.9 Å². The summed E-state index contributed by atoms with van der Waals surface area (Å²) in [6.45, 7) is -1.46. The number of phosphoric acid groups is 3. The molecule has 3 heterocycles. The summed E-state index contributed by atoms with van der Waals surface area (Å²) in [7, 11) is -16.9. The number of carbonyl (C=O) groups is 3. The number of H-pyrrole nitrogens is 1. The van der Waals surface area contributed by atoms with Gasteiger partial charge in [-0.1, -0.05) is 36.1 Å². The predicted molar refractivity (Wildman–Crippen MR) is 160 cm³/mol. The molecule has 0 spiro atoms. The highest BCUT2D eigenvalue weighted by Crippen LogP contribution is 2.66. The van der Waals surface area contributed by atoms with E-state index in [0.717, 1.165) is 10.8 Å². The molecule has 2 unspecified atom stereocenters. The van der Waals surface area contributed by atoms with Crippen molar-refractivity contribution in [1.82, 2.24) is 19.8 Å². The third kappa shape index (κ3) is 8.20. The first-order valence-corrected chi connectivity index (χ1v) is 18.0. The molecule has 7 N–H and O–H groups in total. The standard InChI is InChI=1S/C25H23N4O17P3/c30-17-10-19(44-18(17)12-43-48(39,40)46-49(41,42)45-47(36,37)38)28-11-14(21(31)27-25(28)35)6-3-9-26-24(34)29-22(32)15-7-1-4-13-5-2-8-16(20(13)15)23(29)33/h1-2,4-5,7-8,11,17-19,30H,9-10,12H2,(H,26,34)(H,39,40)(H,41,42)(H,27,31,35)(H2,36,37,38)/t17-,18+,19+/m0/s1. The maximum absolute atomic E-state index is 13.0. The van der Waals surface area contributed by atoms with Crippen molar-refractivity contribution >= 4 is 52.1 Å². The van der Waals surface area contributed by atoms with Crippen molar-refractivity contribution in [3.63, 3.8) is 0 Å². The van der Waals surface area contributed by atoms with Crippen LogP contribution in [0.4, 0.5) is 4.79 Å². The summed E-state index contributed by atoms with van der Waals surface area (Å²) in [6.07, 6.45) is -3.68. The highest BCUT2D eigenvalue weighted by molar-refractivity contribution is 7.66. The Hall–Kier alpha value is -4.12. The Morgan fingerprint density at radius 1 is 0.980 bits per heavy atom. The van der Waals surface area contributed by atoms with Gasteiger partial charge < -0.3 is 34.7 Å². The summed E-state index contributed by atoms with van der Waals surface area (Å²) in [5, 5.41) is 13.7. The number of aliphatic hydroxyl groups is 1. The van der Waals surface area contributed by atoms with Crippen LogP contribution in [0.5, 0.6) is 0 Å². The van der Waals surface area contributed by atoms with Gasteiger partial charge in [-0.25, -0.2) is 23.3 Å². The Kier molecular flexibility index (Phi) is 10.1. The second-order valence-electron chi connectivity index (χ2n) is 10.1. The number of rotatable bonds is 9. The number of aromatic nitrogens is 2. The van der Waals surface area contributed by atoms with Crippen LogP contribution in [0.15, 0.2) is 52.2 Å². The molecule has 5 atom stereocenters. The maximum atomic E-state index is 13.0. The van der Waals surface area contributed by atoms with Crippen LogP contribution in [0.3, 0.4) is 0 Å². The number of ether oxygens (including phenoxy) is 1. The van der Waals surface area contributed by atoms with Gasteiger partial charge in [0, 0.05) is 29.1 Å². The molecule has 3 aromatic rings. The third-order valence-corrected chi connectivity index (χ3v) is 10.6. The van der Waals surface area contributed by atoms with Gasteiger partial charge >= 0.3 is 35.2 Å². The zero-order valence-corrected chi connectivity index (χ0v) is 26.9. The number of nitrogens with one attached hydrogen (secondary N) is 2. The number of benzene rings is 2. The van der Waals surface area contributed by atoms with Crippen LogP contribution in [0.25, 0.3) is 10.8 Å². The second-order valence-corrected chi connectivity index (χ2v) is 14.6. The minimum absolute atomic E-state index is 0.151. The average Bonchev–Trinajstić information content (AvgIpc) is 3.36. The highest BCUT2D eigenvalue weighted by Gasteiger charge is 2.43. The molecule has 0 radical (unpaired) electrons. The molecule has 260 valence electrons. The van der Waals surface area contributed by atoms with E-state index in [1.165, 1.54) is 12.1 Å². The topological polar surface area (TPSA) is 311 Å². The molecule has 5 rings (SSSR count). The van der Waals surface area contributed by atoms with Crippen LogP contribution in [0.2, 0.25) is 0 Å². The highest BCUT2D eigenvalue weighted by atomic mass is 31.3. The zero-order valence-electron chi connectivity index (χ0n) is 24.3. The van der Waals surface area contributed by atoms with Crippen LogP contribution in [-0.4, -0.2) is 82.3 Å². The average molecular weight is 744 g/mol. The number of imide groups is 3. The quantitative estimate of drug-likeness (QED) is 0.0864. The maximum Gasteiger partial charge on any atom is 0.490 e. The van der Waals surface area contributed by atoms with Crippen LogP contribution in [-0.2, 0) is 31.6 Å². The molecule has 2 aliphatic rings. The van der Waals surface area contributed by atoms with E-state index < -0.39 is 84.2 Å². The van der Waals surface area contributed by atoms with Crippen LogP contribution >= 0.6 is 23.5 Å². The van der Waals surface area contributed by atoms with Crippen molar-refractivity contribution in [2.75, 3.05) is 13.2 Å². The first kappa shape index (κ1) is 36.2. The van der Waals surface area contributed by atoms with E-state index >= 15 is 0 Å². The van der Waals surface area contributed by atoms with Crippen molar-refractivity contribution in [3.05, 3.63) is 80.1 Å². The van der Waals surface area contributed by atoms with Gasteiger partial charge in [0.2, 0.25) is 0 Å². The van der Waals surface area contributed by atoms with E-state index in [2.05, 4.69) is 30.3 Å². The minimum atomic E-state index is -5.79. The molecule has 21 nitrogen and oxygen atoms in total. The smallest absolute Gasteiger partial charge is 0.390 e. The van der Waals surface area contributed by atoms with Crippen molar-refractivity contribution in [2.24, 2.45) is 0 Å². The predicted octanol–water partition coefficient (Wildman–Crippen LogP) is 0.0388. The van der Waals surface area contributed by atoms with E-state index in [4.69, 9.17) is 14.5 Å². The van der Waals surface area contributed by atoms with E-state index in [-0.39, 0.29) is 23.1 Å². The normalized spacial score (nSPS) is 21.5. The fourth-order valence-electron chi connectivity index (χ4n) is 4.85. The third-order valence-electron chi connectivity index (χ3n) is 6.83. The Morgan fingerprint density at radius 2 is 1.61 bits per heavy atom. The number of amides is 4. The molecule has 2 aromatic carbocycles. The van der Waals surface area contributed by atoms with Crippen molar-refractivity contribution in [3.8, 4) is 11.8 Å². The summed E-state index contributed by atoms with van der Waals surface area (Å²) < 4.78 is 52.1. The fraction of sp³-hybridized carbons (Fsp3) is 0.240. The largest absolute Gasteiger partial charge is 0.490 e. The van der Waals surface area contributed by atoms with E-state index in [1.807, 2.05) is 4.98 Å². The molecule has 1 fully saturated rings. The van der Waals surface area contributed by atoms with Crippen molar-refractivity contribution in [2.45, 2.75) is 24.9 Å². The molecule has 24 heteroatoms. The summed E-state index contributed by atoms with van der Waals surface area (Å²) in [5.41, 5.74) is -1.99. The van der Waals surface area contributed by atoms with Crippen molar-refractivity contribution in [1.29, 1.82) is 0 Å². The van der Waals surface area contributed by atoms with Gasteiger partial charge in [0.1, 0.15) is 17.9 Å². The number of carbonyl (C=O) groups excluding carboxylic acids is 3. The van der Waals surface area contributed by atoms with E-state index in [9.17, 15) is 52.6 Å². The molecular weight excluding hydrogens is 721 g/mol. The second kappa shape index (κ2) is 13.7. The number of urea groups is 1. The Labute approximate surface area is 272 Å². The van der Waals surface area contributed by atoms with Gasteiger partial charge in [-0.2, -0.15) is 13.5 Å². The van der Waals surface area contributed by atoms with E-state index in [1.54, 1.807) is 24.3 Å². The first-order chi connectivity index (χ1) is 22.9. The molecular formula is C25H23N4O17P3. The zero-order chi connectivity index (χ0) is 35.9. The summed E-state index contributed by atoms with van der Waals surface area (Å²) in [4.78, 5) is 102. The van der Waals surface area contributed by atoms with Gasteiger partial charge in [0.05, 0.1) is 19.3 Å². The SMILES string of the molecule is O=C(NCC#Cc1cn([C@H]2C[C@H](O)[C@@H](COP(=O)(O)OP(=O)(O)OP(=O)(O)O)O2)c(=O)[nH]c1=O)N1C(=O)c2cccc3cccc(c23)C1=O. The van der Waals surface area contributed by atoms with Gasteiger partial charge in [-0.15, -0.1) is 0 Å². The van der Waals surface area contributed by atoms with Gasteiger partial charge in [0.15, 0.2) is 0 Å². The van der Waals surface area contributed by atoms with E-state index in [0.29, 0.717) is 15.7 Å². The van der Waals surface area contributed by atoms with Gasteiger partial charge in [-0.05, 0) is 17.5 Å². The molecule has 1 saturated heterocycles. The summed E-state index contributed by atoms with van der Waals surface area (Å²) in [6, 6.07) is 8.53. The molecule has 0 aliphatic carbocycles. The molecule has 2 aliphatic heterocycles. The minimum Gasteiger partial charge on any atom is -0.390 e. The number of aromatic amines is 1. The van der Waals surface area contributed by atoms with Crippen LogP contribution in [0, 0.1) is 11.8 Å². The Morgan fingerprint density at radius 3 is 2.22 bits per heavy atom. The Balaban J connectivity index is 1.22. The first-order valence-electron chi connectivity index (χ1n) is 13.5. The van der Waals surface area contributed by atoms with Gasteiger partial charge in [-0.3, -0.25) is 28.5 Å². The van der Waals surface area contributed by atoms with Gasteiger partial charge in [0.25, 0.3) is 17.4 Å². The number of aliphatic hydroxyl groups excluding tert-OH is 1. The number of phosphoric ester groups is 1. The lowest BCUT2D eigenvalue weighted by Crippen LogP contribution is -2.49. The van der Waals surface area contributed by atoms with Crippen LogP contribution < -0.4 is 16.6 Å². The fourth-order valence-corrected chi connectivity index (χ4v) is 7.88. The molecule has 49 heavy (non-hydrogen) atoms. The number of hydrogen-bond donors (Lipinski definition) is 7.